The number of carbonyl (C=O) groups is 1. The second-order valence-electron chi connectivity index (χ2n) is 8.45. The van der Waals surface area contributed by atoms with Crippen LogP contribution in [0.25, 0.3) is 0 Å². The third kappa shape index (κ3) is 6.38. The molecule has 208 valence electrons. The number of rotatable bonds is 6. The molecule has 0 aliphatic rings. The minimum Gasteiger partial charge on any atom is -0.399 e. The van der Waals surface area contributed by atoms with Gasteiger partial charge in [0.2, 0.25) is 11.8 Å². The number of benzene rings is 2. The highest BCUT2D eigenvalue weighted by molar-refractivity contribution is 7.93. The van der Waals surface area contributed by atoms with Gasteiger partial charge in [-0.25, -0.2) is 21.6 Å². The fourth-order valence-corrected chi connectivity index (χ4v) is 5.56. The van der Waals surface area contributed by atoms with Gasteiger partial charge < -0.3 is 20.5 Å². The molecule has 0 radical (unpaired) electrons. The minimum atomic E-state index is -4.08. The SMILES string of the molecule is CC(=O)N(c1onc(C)c1C)S(=O)(=O)c1ccc(N)cc1.Cc1noc(NS(=O)(=O)c2ccc(N)cc2)c1C. The number of anilines is 4. The molecule has 39 heavy (non-hydrogen) atoms. The summed E-state index contributed by atoms with van der Waals surface area (Å²) in [7, 11) is -7.76. The molecule has 13 nitrogen and oxygen atoms in total. The van der Waals surface area contributed by atoms with E-state index in [9.17, 15) is 21.6 Å². The molecule has 0 saturated heterocycles. The van der Waals surface area contributed by atoms with Gasteiger partial charge in [-0.05, 0) is 76.2 Å². The molecule has 15 heteroatoms. The fraction of sp³-hybridized carbons (Fsp3) is 0.208. The number of carbonyl (C=O) groups excluding carboxylic acids is 1. The number of aromatic nitrogens is 2. The molecule has 4 aromatic rings. The van der Waals surface area contributed by atoms with E-state index in [2.05, 4.69) is 15.0 Å². The molecule has 0 bridgehead atoms. The number of sulfonamides is 2. The maximum absolute atomic E-state index is 12.6. The van der Waals surface area contributed by atoms with Crippen LogP contribution in [0.2, 0.25) is 0 Å². The summed E-state index contributed by atoms with van der Waals surface area (Å²) >= 11 is 0. The van der Waals surface area contributed by atoms with E-state index in [1.165, 1.54) is 48.5 Å². The van der Waals surface area contributed by atoms with Gasteiger partial charge in [-0.1, -0.05) is 10.3 Å². The topological polar surface area (TPSA) is 205 Å². The maximum atomic E-state index is 12.6. The van der Waals surface area contributed by atoms with Gasteiger partial charge in [-0.2, -0.15) is 4.31 Å². The van der Waals surface area contributed by atoms with Crippen molar-refractivity contribution in [2.75, 3.05) is 20.5 Å². The molecule has 0 saturated carbocycles. The van der Waals surface area contributed by atoms with Crippen molar-refractivity contribution in [2.45, 2.75) is 44.4 Å². The summed E-state index contributed by atoms with van der Waals surface area (Å²) in [6, 6.07) is 11.5. The number of hydrogen-bond acceptors (Lipinski definition) is 11. The van der Waals surface area contributed by atoms with Crippen LogP contribution in [0.15, 0.2) is 67.4 Å². The lowest BCUT2D eigenvalue weighted by Crippen LogP contribution is -2.35. The van der Waals surface area contributed by atoms with Crippen LogP contribution < -0.4 is 20.5 Å². The Morgan fingerprint density at radius 3 is 1.64 bits per heavy atom. The summed E-state index contributed by atoms with van der Waals surface area (Å²) in [6.45, 7) is 7.91. The highest BCUT2D eigenvalue weighted by Gasteiger charge is 2.33. The van der Waals surface area contributed by atoms with Gasteiger partial charge in [-0.3, -0.25) is 4.79 Å². The molecule has 4 rings (SSSR count). The zero-order chi connectivity index (χ0) is 29.1. The summed E-state index contributed by atoms with van der Waals surface area (Å²) in [5, 5.41) is 7.37. The van der Waals surface area contributed by atoms with E-state index in [1.54, 1.807) is 27.7 Å². The van der Waals surface area contributed by atoms with Crippen LogP contribution in [0.4, 0.5) is 23.1 Å². The molecule has 2 heterocycles. The lowest BCUT2D eigenvalue weighted by molar-refractivity contribution is -0.115. The van der Waals surface area contributed by atoms with E-state index in [4.69, 9.17) is 20.5 Å². The normalized spacial score (nSPS) is 11.4. The number of nitrogens with two attached hydrogens (primary N) is 2. The first-order chi connectivity index (χ1) is 18.1. The molecule has 5 N–H and O–H groups in total. The highest BCUT2D eigenvalue weighted by atomic mass is 32.2. The second-order valence-corrected chi connectivity index (χ2v) is 11.9. The molecule has 0 atom stereocenters. The van der Waals surface area contributed by atoms with E-state index < -0.39 is 26.0 Å². The van der Waals surface area contributed by atoms with E-state index in [0.717, 1.165) is 6.92 Å². The Bertz CT molecular complexity index is 1690. The van der Waals surface area contributed by atoms with E-state index in [1.807, 2.05) is 0 Å². The summed E-state index contributed by atoms with van der Waals surface area (Å²) < 4.78 is 62.2. The molecule has 0 unspecified atom stereocenters. The first kappa shape index (κ1) is 29.2. The molecular formula is C24H28N6O7S2. The smallest absolute Gasteiger partial charge is 0.273 e. The van der Waals surface area contributed by atoms with Gasteiger partial charge >= 0.3 is 0 Å². The molecule has 0 spiro atoms. The summed E-state index contributed by atoms with van der Waals surface area (Å²) in [4.78, 5) is 11.9. The average molecular weight is 577 g/mol. The monoisotopic (exact) mass is 576 g/mol. The molecule has 0 fully saturated rings. The number of amides is 1. The van der Waals surface area contributed by atoms with Crippen LogP contribution in [0.5, 0.6) is 0 Å². The average Bonchev–Trinajstić information content (AvgIpc) is 3.35. The maximum Gasteiger partial charge on any atom is 0.273 e. The molecule has 0 aliphatic carbocycles. The Morgan fingerprint density at radius 1 is 0.769 bits per heavy atom. The Kier molecular flexibility index (Phi) is 8.36. The summed E-state index contributed by atoms with van der Waals surface area (Å²) in [6.07, 6.45) is 0. The van der Waals surface area contributed by atoms with Gasteiger partial charge in [-0.15, -0.1) is 0 Å². The number of nitrogen functional groups attached to an aromatic ring is 2. The molecule has 1 amide bonds. The van der Waals surface area contributed by atoms with Crippen LogP contribution in [-0.2, 0) is 24.8 Å². The molecule has 2 aromatic carbocycles. The zero-order valence-electron chi connectivity index (χ0n) is 21.8. The minimum absolute atomic E-state index is 0.0552. The van der Waals surface area contributed by atoms with Crippen molar-refractivity contribution in [3.63, 3.8) is 0 Å². The van der Waals surface area contributed by atoms with Crippen LogP contribution >= 0.6 is 0 Å². The van der Waals surface area contributed by atoms with Crippen molar-refractivity contribution in [3.05, 3.63) is 71.0 Å². The van der Waals surface area contributed by atoms with Gasteiger partial charge in [0.05, 0.1) is 21.2 Å². The summed E-state index contributed by atoms with van der Waals surface area (Å²) in [5.41, 5.74) is 14.3. The number of nitrogens with zero attached hydrogens (tertiary/aromatic N) is 3. The third-order valence-corrected chi connectivity index (χ3v) is 8.71. The van der Waals surface area contributed by atoms with Crippen LogP contribution in [-0.4, -0.2) is 33.1 Å². The van der Waals surface area contributed by atoms with Gasteiger partial charge in [0.15, 0.2) is 0 Å². The highest BCUT2D eigenvalue weighted by Crippen LogP contribution is 2.29. The first-order valence-electron chi connectivity index (χ1n) is 11.3. The van der Waals surface area contributed by atoms with Gasteiger partial charge in [0.1, 0.15) is 0 Å². The fourth-order valence-electron chi connectivity index (χ4n) is 3.10. The lowest BCUT2D eigenvalue weighted by Gasteiger charge is -2.18. The number of hydrogen-bond donors (Lipinski definition) is 3. The standard InChI is InChI=1S/C13H15N3O4S.C11H13N3O3S/c1-8-9(2)15-20-13(8)16(10(3)17)21(18,19)12-6-4-11(14)5-7-12;1-7-8(2)13-17-11(7)14-18(15,16)10-5-3-9(12)4-6-10/h4-7H,14H2,1-3H3;3-6,14H,12H2,1-2H3. The van der Waals surface area contributed by atoms with Crippen molar-refractivity contribution in [1.29, 1.82) is 0 Å². The van der Waals surface area contributed by atoms with Crippen molar-refractivity contribution in [3.8, 4) is 0 Å². The quantitative estimate of drug-likeness (QED) is 0.284. The van der Waals surface area contributed by atoms with E-state index in [-0.39, 0.29) is 21.6 Å². The first-order valence-corrected chi connectivity index (χ1v) is 14.2. The molecular weight excluding hydrogens is 548 g/mol. The summed E-state index contributed by atoms with van der Waals surface area (Å²) in [5.74, 6) is -0.660. The van der Waals surface area contributed by atoms with Crippen molar-refractivity contribution >= 4 is 49.1 Å². The van der Waals surface area contributed by atoms with Crippen LogP contribution in [0.3, 0.4) is 0 Å². The second kappa shape index (κ2) is 11.2. The zero-order valence-corrected chi connectivity index (χ0v) is 23.4. The number of aryl methyl sites for hydroxylation is 2. The number of nitrogens with one attached hydrogen (secondary N) is 1. The lowest BCUT2D eigenvalue weighted by atomic mass is 10.3. The van der Waals surface area contributed by atoms with E-state index >= 15 is 0 Å². The molecule has 2 aromatic heterocycles. The molecule has 0 aliphatic heterocycles. The largest absolute Gasteiger partial charge is 0.399 e. The Labute approximate surface area is 225 Å². The van der Waals surface area contributed by atoms with E-state index in [0.29, 0.717) is 38.2 Å². The Morgan fingerprint density at radius 2 is 1.23 bits per heavy atom. The predicted molar refractivity (Wildman–Crippen MR) is 145 cm³/mol. The van der Waals surface area contributed by atoms with Gasteiger partial charge in [0, 0.05) is 29.4 Å². The Hall–Kier alpha value is -4.37. The van der Waals surface area contributed by atoms with Crippen molar-refractivity contribution in [2.24, 2.45) is 0 Å². The van der Waals surface area contributed by atoms with Crippen LogP contribution in [0.1, 0.15) is 29.4 Å². The third-order valence-electron chi connectivity index (χ3n) is 5.60. The van der Waals surface area contributed by atoms with Gasteiger partial charge in [0.25, 0.3) is 25.9 Å². The predicted octanol–water partition coefficient (Wildman–Crippen LogP) is 3.29. The van der Waals surface area contributed by atoms with Crippen LogP contribution in [0, 0.1) is 27.7 Å². The van der Waals surface area contributed by atoms with Crippen molar-refractivity contribution in [1.82, 2.24) is 10.3 Å². The van der Waals surface area contributed by atoms with Crippen molar-refractivity contribution < 1.29 is 30.7 Å². The Balaban J connectivity index is 0.000000218.